The lowest BCUT2D eigenvalue weighted by Crippen LogP contribution is -1.95. The van der Waals surface area contributed by atoms with Crippen LogP contribution in [0.4, 0.5) is 0 Å². The normalized spacial score (nSPS) is 10.3. The van der Waals surface area contributed by atoms with Gasteiger partial charge in [0.1, 0.15) is 0 Å². The van der Waals surface area contributed by atoms with E-state index in [0.717, 1.165) is 21.3 Å². The first-order valence-corrected chi connectivity index (χ1v) is 6.61. The summed E-state index contributed by atoms with van der Waals surface area (Å²) < 4.78 is 0. The number of aromatic nitrogens is 2. The van der Waals surface area contributed by atoms with Crippen molar-refractivity contribution in [3.63, 3.8) is 0 Å². The molecular formula is C14H14N2OS. The second-order valence-corrected chi connectivity index (χ2v) is 4.92. The predicted octanol–water partition coefficient (Wildman–Crippen LogP) is 3.53. The summed E-state index contributed by atoms with van der Waals surface area (Å²) in [6.07, 6.45) is 2.28. The first kappa shape index (κ1) is 12.8. The summed E-state index contributed by atoms with van der Waals surface area (Å²) in [5.41, 5.74) is 1.71. The molecule has 92 valence electrons. The number of hydrogen-bond acceptors (Lipinski definition) is 4. The second kappa shape index (κ2) is 5.78. The first-order chi connectivity index (χ1) is 8.69. The Morgan fingerprint density at radius 3 is 2.56 bits per heavy atom. The largest absolute Gasteiger partial charge is 0.294 e. The van der Waals surface area contributed by atoms with E-state index in [2.05, 4.69) is 9.97 Å². The minimum Gasteiger partial charge on any atom is -0.294 e. The number of carbonyl (C=O) groups excluding carboxylic acids is 1. The summed E-state index contributed by atoms with van der Waals surface area (Å²) in [6.45, 7) is 3.81. The van der Waals surface area contributed by atoms with Crippen molar-refractivity contribution in [2.75, 3.05) is 0 Å². The van der Waals surface area contributed by atoms with Gasteiger partial charge in [0, 0.05) is 28.8 Å². The molecule has 0 spiro atoms. The van der Waals surface area contributed by atoms with Gasteiger partial charge in [-0.15, -0.1) is 0 Å². The third-order valence-corrected chi connectivity index (χ3v) is 3.37. The van der Waals surface area contributed by atoms with Gasteiger partial charge in [0.15, 0.2) is 10.9 Å². The molecule has 0 N–H and O–H groups in total. The lowest BCUT2D eigenvalue weighted by Gasteiger charge is -2.02. The van der Waals surface area contributed by atoms with E-state index in [-0.39, 0.29) is 5.78 Å². The van der Waals surface area contributed by atoms with Crippen molar-refractivity contribution in [1.82, 2.24) is 9.97 Å². The Bertz CT molecular complexity index is 552. The Morgan fingerprint density at radius 2 is 1.94 bits per heavy atom. The molecule has 4 heteroatoms. The smallest absolute Gasteiger partial charge is 0.192 e. The Labute approximate surface area is 111 Å². The molecule has 0 bridgehead atoms. The molecule has 0 radical (unpaired) electrons. The van der Waals surface area contributed by atoms with Gasteiger partial charge < -0.3 is 0 Å². The third-order valence-electron chi connectivity index (χ3n) is 2.48. The molecule has 0 aliphatic carbocycles. The van der Waals surface area contributed by atoms with Crippen LogP contribution in [0, 0.1) is 6.92 Å². The number of nitrogens with zero attached hydrogens (tertiary/aromatic N) is 2. The van der Waals surface area contributed by atoms with Crippen molar-refractivity contribution < 1.29 is 4.79 Å². The molecule has 1 aromatic carbocycles. The minimum absolute atomic E-state index is 0.165. The summed E-state index contributed by atoms with van der Waals surface area (Å²) in [7, 11) is 0. The topological polar surface area (TPSA) is 42.9 Å². The highest BCUT2D eigenvalue weighted by molar-refractivity contribution is 7.99. The van der Waals surface area contributed by atoms with Crippen LogP contribution >= 0.6 is 11.8 Å². The van der Waals surface area contributed by atoms with Gasteiger partial charge in [-0.1, -0.05) is 19.1 Å². The van der Waals surface area contributed by atoms with Gasteiger partial charge in [-0.3, -0.25) is 4.79 Å². The number of aryl methyl sites for hydroxylation is 1. The van der Waals surface area contributed by atoms with E-state index < -0.39 is 0 Å². The number of benzene rings is 1. The molecule has 0 aliphatic rings. The third kappa shape index (κ3) is 3.17. The van der Waals surface area contributed by atoms with E-state index in [9.17, 15) is 4.79 Å². The molecule has 0 amide bonds. The van der Waals surface area contributed by atoms with Crippen LogP contribution in [0.5, 0.6) is 0 Å². The Balaban J connectivity index is 2.13. The number of rotatable bonds is 4. The quantitative estimate of drug-likeness (QED) is 0.621. The van der Waals surface area contributed by atoms with Gasteiger partial charge in [0.2, 0.25) is 0 Å². The van der Waals surface area contributed by atoms with Gasteiger partial charge in [0.25, 0.3) is 0 Å². The number of Topliss-reactive ketones (excluding diaryl/α,β-unsaturated/α-hetero) is 1. The van der Waals surface area contributed by atoms with E-state index >= 15 is 0 Å². The molecule has 3 nitrogen and oxygen atoms in total. The molecule has 18 heavy (non-hydrogen) atoms. The number of carbonyl (C=O) groups is 1. The van der Waals surface area contributed by atoms with Crippen LogP contribution in [-0.4, -0.2) is 15.8 Å². The molecule has 2 aromatic rings. The van der Waals surface area contributed by atoms with Crippen LogP contribution in [0.3, 0.4) is 0 Å². The van der Waals surface area contributed by atoms with E-state index in [4.69, 9.17) is 0 Å². The average Bonchev–Trinajstić information content (AvgIpc) is 2.39. The zero-order valence-corrected chi connectivity index (χ0v) is 11.2. The van der Waals surface area contributed by atoms with Gasteiger partial charge in [-0.25, -0.2) is 9.97 Å². The standard InChI is InChI=1S/C14H14N2OS/c1-3-13(17)11-4-6-12(7-5-11)18-14-15-9-8-10(2)16-14/h4-9H,3H2,1-2H3. The Hall–Kier alpha value is -1.68. The first-order valence-electron chi connectivity index (χ1n) is 5.80. The lowest BCUT2D eigenvalue weighted by molar-refractivity contribution is 0.0988. The van der Waals surface area contributed by atoms with Crippen LogP contribution in [0.15, 0.2) is 46.6 Å². The molecule has 0 fully saturated rings. The van der Waals surface area contributed by atoms with Crippen LogP contribution < -0.4 is 0 Å². The van der Waals surface area contributed by atoms with Crippen LogP contribution in [0.2, 0.25) is 0 Å². The molecule has 2 rings (SSSR count). The average molecular weight is 258 g/mol. The molecular weight excluding hydrogens is 244 g/mol. The summed E-state index contributed by atoms with van der Waals surface area (Å²) in [5.74, 6) is 0.165. The Morgan fingerprint density at radius 1 is 1.22 bits per heavy atom. The van der Waals surface area contributed by atoms with Crippen molar-refractivity contribution in [1.29, 1.82) is 0 Å². The molecule has 0 saturated carbocycles. The van der Waals surface area contributed by atoms with Crippen molar-refractivity contribution in [3.8, 4) is 0 Å². The highest BCUT2D eigenvalue weighted by Gasteiger charge is 2.04. The fourth-order valence-corrected chi connectivity index (χ4v) is 2.28. The SMILES string of the molecule is CCC(=O)c1ccc(Sc2nccc(C)n2)cc1. The van der Waals surface area contributed by atoms with Gasteiger partial charge in [0.05, 0.1) is 0 Å². The molecule has 1 aromatic heterocycles. The molecule has 1 heterocycles. The van der Waals surface area contributed by atoms with E-state index in [1.807, 2.05) is 44.2 Å². The molecule has 0 saturated heterocycles. The maximum Gasteiger partial charge on any atom is 0.192 e. The van der Waals surface area contributed by atoms with Crippen molar-refractivity contribution in [2.45, 2.75) is 30.3 Å². The predicted molar refractivity (Wildman–Crippen MR) is 72.0 cm³/mol. The summed E-state index contributed by atoms with van der Waals surface area (Å²) in [5, 5.41) is 0.726. The summed E-state index contributed by atoms with van der Waals surface area (Å²) in [4.78, 5) is 21.1. The maximum atomic E-state index is 11.5. The summed E-state index contributed by atoms with van der Waals surface area (Å²) in [6, 6.07) is 9.43. The van der Waals surface area contributed by atoms with Crippen LogP contribution in [0.1, 0.15) is 29.4 Å². The maximum absolute atomic E-state index is 11.5. The van der Waals surface area contributed by atoms with E-state index in [1.54, 1.807) is 6.20 Å². The Kier molecular flexibility index (Phi) is 4.10. The highest BCUT2D eigenvalue weighted by atomic mass is 32.2. The minimum atomic E-state index is 0.165. The van der Waals surface area contributed by atoms with E-state index in [1.165, 1.54) is 11.8 Å². The zero-order valence-electron chi connectivity index (χ0n) is 10.4. The fraction of sp³-hybridized carbons (Fsp3) is 0.214. The van der Waals surface area contributed by atoms with Crippen molar-refractivity contribution in [3.05, 3.63) is 47.8 Å². The van der Waals surface area contributed by atoms with Crippen LogP contribution in [-0.2, 0) is 0 Å². The van der Waals surface area contributed by atoms with E-state index in [0.29, 0.717) is 6.42 Å². The highest BCUT2D eigenvalue weighted by Crippen LogP contribution is 2.24. The zero-order chi connectivity index (χ0) is 13.0. The molecule has 0 unspecified atom stereocenters. The van der Waals surface area contributed by atoms with Crippen molar-refractivity contribution in [2.24, 2.45) is 0 Å². The van der Waals surface area contributed by atoms with Gasteiger partial charge in [-0.05, 0) is 36.9 Å². The van der Waals surface area contributed by atoms with Gasteiger partial charge in [-0.2, -0.15) is 0 Å². The number of hydrogen-bond donors (Lipinski definition) is 0. The number of ketones is 1. The van der Waals surface area contributed by atoms with Gasteiger partial charge >= 0.3 is 0 Å². The second-order valence-electron chi connectivity index (χ2n) is 3.88. The molecule has 0 aliphatic heterocycles. The summed E-state index contributed by atoms with van der Waals surface area (Å²) >= 11 is 1.50. The van der Waals surface area contributed by atoms with Crippen molar-refractivity contribution >= 4 is 17.5 Å². The lowest BCUT2D eigenvalue weighted by atomic mass is 10.1. The monoisotopic (exact) mass is 258 g/mol. The molecule has 0 atom stereocenters. The fourth-order valence-electron chi connectivity index (χ4n) is 1.49. The van der Waals surface area contributed by atoms with Crippen LogP contribution in [0.25, 0.3) is 0 Å².